The Hall–Kier alpha value is -1.84. The molecule has 0 spiro atoms. The van der Waals surface area contributed by atoms with Crippen LogP contribution in [0.25, 0.3) is 0 Å². The summed E-state index contributed by atoms with van der Waals surface area (Å²) in [5.41, 5.74) is 0. The third-order valence-corrected chi connectivity index (χ3v) is 1.83. The van der Waals surface area contributed by atoms with Gasteiger partial charge in [0.05, 0.1) is 6.33 Å². The lowest BCUT2D eigenvalue weighted by molar-refractivity contribution is -0.131. The molecule has 0 radical (unpaired) electrons. The van der Waals surface area contributed by atoms with Gasteiger partial charge in [-0.05, 0) is 12.8 Å². The normalized spacial score (nSPS) is 11.5. The van der Waals surface area contributed by atoms with Crippen molar-refractivity contribution in [2.24, 2.45) is 0 Å². The summed E-state index contributed by atoms with van der Waals surface area (Å²) in [5.74, 6) is -0.918. The first-order valence-electron chi connectivity index (χ1n) is 4.81. The molecule has 0 amide bonds. The second-order valence-electron chi connectivity index (χ2n) is 3.07. The minimum absolute atomic E-state index is 0.918. The molecular formula is C11H14N2O2. The Morgan fingerprint density at radius 1 is 1.47 bits per heavy atom. The van der Waals surface area contributed by atoms with Gasteiger partial charge in [-0.1, -0.05) is 18.2 Å². The largest absolute Gasteiger partial charge is 0.478 e. The molecular weight excluding hydrogens is 192 g/mol. The Balaban J connectivity index is 2.09. The van der Waals surface area contributed by atoms with E-state index in [4.69, 9.17) is 5.11 Å². The second kappa shape index (κ2) is 6.59. The van der Waals surface area contributed by atoms with E-state index in [9.17, 15) is 4.79 Å². The summed E-state index contributed by atoms with van der Waals surface area (Å²) in [4.78, 5) is 14.1. The van der Waals surface area contributed by atoms with Gasteiger partial charge in [0, 0.05) is 25.0 Å². The van der Waals surface area contributed by atoms with Gasteiger partial charge in [-0.25, -0.2) is 9.78 Å². The molecule has 80 valence electrons. The molecule has 0 saturated carbocycles. The molecule has 4 heteroatoms. The molecule has 0 fully saturated rings. The SMILES string of the molecule is O=C(O)/C=C/C=C/CCCn1ccnc1. The summed E-state index contributed by atoms with van der Waals surface area (Å²) < 4.78 is 2.01. The zero-order chi connectivity index (χ0) is 10.9. The van der Waals surface area contributed by atoms with Crippen LogP contribution in [0.2, 0.25) is 0 Å². The zero-order valence-electron chi connectivity index (χ0n) is 8.41. The average Bonchev–Trinajstić information content (AvgIpc) is 2.68. The molecule has 4 nitrogen and oxygen atoms in total. The van der Waals surface area contributed by atoms with Crippen molar-refractivity contribution in [2.75, 3.05) is 0 Å². The number of nitrogens with zero attached hydrogens (tertiary/aromatic N) is 2. The molecule has 15 heavy (non-hydrogen) atoms. The van der Waals surface area contributed by atoms with Crippen LogP contribution < -0.4 is 0 Å². The number of rotatable bonds is 6. The van der Waals surface area contributed by atoms with Crippen molar-refractivity contribution in [2.45, 2.75) is 19.4 Å². The number of aliphatic carboxylic acids is 1. The monoisotopic (exact) mass is 206 g/mol. The molecule has 0 unspecified atom stereocenters. The van der Waals surface area contributed by atoms with Crippen molar-refractivity contribution in [1.82, 2.24) is 9.55 Å². The summed E-state index contributed by atoms with van der Waals surface area (Å²) in [5, 5.41) is 8.31. The van der Waals surface area contributed by atoms with Gasteiger partial charge in [0.1, 0.15) is 0 Å². The van der Waals surface area contributed by atoms with Gasteiger partial charge in [-0.2, -0.15) is 0 Å². The number of carbonyl (C=O) groups is 1. The molecule has 1 heterocycles. The van der Waals surface area contributed by atoms with Gasteiger partial charge in [0.25, 0.3) is 0 Å². The number of imidazole rings is 1. The number of allylic oxidation sites excluding steroid dienone is 3. The summed E-state index contributed by atoms with van der Waals surface area (Å²) in [6, 6.07) is 0. The smallest absolute Gasteiger partial charge is 0.328 e. The number of aromatic nitrogens is 2. The molecule has 1 aromatic rings. The summed E-state index contributed by atoms with van der Waals surface area (Å²) in [7, 11) is 0. The summed E-state index contributed by atoms with van der Waals surface area (Å²) >= 11 is 0. The van der Waals surface area contributed by atoms with E-state index in [1.165, 1.54) is 6.08 Å². The van der Waals surface area contributed by atoms with E-state index in [2.05, 4.69) is 4.98 Å². The standard InChI is InChI=1S/C11H14N2O2/c14-11(15)6-4-2-1-3-5-8-13-9-7-12-10-13/h1-2,4,6-7,9-10H,3,5,8H2,(H,14,15)/b2-1+,6-4+. The Morgan fingerprint density at radius 2 is 2.33 bits per heavy atom. The number of hydrogen-bond acceptors (Lipinski definition) is 2. The van der Waals surface area contributed by atoms with E-state index in [1.54, 1.807) is 18.6 Å². The molecule has 0 aliphatic rings. The lowest BCUT2D eigenvalue weighted by Crippen LogP contribution is -1.92. The molecule has 1 N–H and O–H groups in total. The molecule has 0 aliphatic carbocycles. The van der Waals surface area contributed by atoms with Gasteiger partial charge in [-0.3, -0.25) is 0 Å². The third-order valence-electron chi connectivity index (χ3n) is 1.83. The lowest BCUT2D eigenvalue weighted by Gasteiger charge is -1.97. The highest BCUT2D eigenvalue weighted by atomic mass is 16.4. The van der Waals surface area contributed by atoms with Crippen molar-refractivity contribution in [1.29, 1.82) is 0 Å². The van der Waals surface area contributed by atoms with Crippen molar-refractivity contribution < 1.29 is 9.90 Å². The lowest BCUT2D eigenvalue weighted by atomic mass is 10.3. The maximum Gasteiger partial charge on any atom is 0.328 e. The van der Waals surface area contributed by atoms with E-state index < -0.39 is 5.97 Å². The first-order valence-corrected chi connectivity index (χ1v) is 4.81. The molecule has 0 bridgehead atoms. The van der Waals surface area contributed by atoms with E-state index in [1.807, 2.05) is 16.8 Å². The van der Waals surface area contributed by atoms with Crippen LogP contribution in [0.3, 0.4) is 0 Å². The highest BCUT2D eigenvalue weighted by molar-refractivity contribution is 5.80. The predicted octanol–water partition coefficient (Wildman–Crippen LogP) is 1.86. The number of unbranched alkanes of at least 4 members (excludes halogenated alkanes) is 1. The zero-order valence-corrected chi connectivity index (χ0v) is 8.41. The van der Waals surface area contributed by atoms with Crippen molar-refractivity contribution in [3.05, 3.63) is 43.0 Å². The first-order chi connectivity index (χ1) is 7.29. The number of aryl methyl sites for hydroxylation is 1. The highest BCUT2D eigenvalue weighted by Crippen LogP contribution is 1.96. The first kappa shape index (κ1) is 11.2. The molecule has 0 saturated heterocycles. The van der Waals surface area contributed by atoms with Crippen molar-refractivity contribution in [3.8, 4) is 0 Å². The van der Waals surface area contributed by atoms with Crippen molar-refractivity contribution >= 4 is 5.97 Å². The Labute approximate surface area is 88.6 Å². The fourth-order valence-electron chi connectivity index (χ4n) is 1.12. The minimum Gasteiger partial charge on any atom is -0.478 e. The van der Waals surface area contributed by atoms with E-state index >= 15 is 0 Å². The predicted molar refractivity (Wildman–Crippen MR) is 57.4 cm³/mol. The minimum atomic E-state index is -0.918. The Kier molecular flexibility index (Phi) is 4.94. The topological polar surface area (TPSA) is 55.1 Å². The molecule has 1 rings (SSSR count). The fraction of sp³-hybridized carbons (Fsp3) is 0.273. The van der Waals surface area contributed by atoms with E-state index in [0.29, 0.717) is 0 Å². The molecule has 0 atom stereocenters. The molecule has 0 aliphatic heterocycles. The van der Waals surface area contributed by atoms with Crippen LogP contribution in [-0.2, 0) is 11.3 Å². The van der Waals surface area contributed by atoms with Gasteiger partial charge >= 0.3 is 5.97 Å². The van der Waals surface area contributed by atoms with Crippen molar-refractivity contribution in [3.63, 3.8) is 0 Å². The van der Waals surface area contributed by atoms with Crippen LogP contribution in [-0.4, -0.2) is 20.6 Å². The van der Waals surface area contributed by atoms with Gasteiger partial charge in [0.15, 0.2) is 0 Å². The Bertz CT molecular complexity index is 339. The van der Waals surface area contributed by atoms with Gasteiger partial charge < -0.3 is 9.67 Å². The average molecular weight is 206 g/mol. The maximum atomic E-state index is 10.1. The number of carboxylic acids is 1. The van der Waals surface area contributed by atoms with Crippen LogP contribution in [0.15, 0.2) is 43.0 Å². The Morgan fingerprint density at radius 3 is 3.00 bits per heavy atom. The van der Waals surface area contributed by atoms with Crippen LogP contribution >= 0.6 is 0 Å². The molecule has 0 aromatic carbocycles. The quantitative estimate of drug-likeness (QED) is 0.439. The van der Waals surface area contributed by atoms with Gasteiger partial charge in [0.2, 0.25) is 0 Å². The summed E-state index contributed by atoms with van der Waals surface area (Å²) in [6.45, 7) is 0.937. The van der Waals surface area contributed by atoms with Crippen LogP contribution in [0.4, 0.5) is 0 Å². The highest BCUT2D eigenvalue weighted by Gasteiger charge is 1.87. The number of carboxylic acid groups (broad SMARTS) is 1. The maximum absolute atomic E-state index is 10.1. The third kappa shape index (κ3) is 5.46. The van der Waals surface area contributed by atoms with Gasteiger partial charge in [-0.15, -0.1) is 0 Å². The summed E-state index contributed by atoms with van der Waals surface area (Å²) in [6.07, 6.45) is 13.8. The van der Waals surface area contributed by atoms with Crippen LogP contribution in [0.5, 0.6) is 0 Å². The van der Waals surface area contributed by atoms with E-state index in [-0.39, 0.29) is 0 Å². The van der Waals surface area contributed by atoms with Crippen LogP contribution in [0, 0.1) is 0 Å². The second-order valence-corrected chi connectivity index (χ2v) is 3.07. The van der Waals surface area contributed by atoms with E-state index in [0.717, 1.165) is 25.5 Å². The van der Waals surface area contributed by atoms with Crippen LogP contribution in [0.1, 0.15) is 12.8 Å². The molecule has 1 aromatic heterocycles. The fourth-order valence-corrected chi connectivity index (χ4v) is 1.12. The number of hydrogen-bond donors (Lipinski definition) is 1.